The van der Waals surface area contributed by atoms with Gasteiger partial charge in [0.05, 0.1) is 17.2 Å². The minimum Gasteiger partial charge on any atom is -0.360 e. The zero-order chi connectivity index (χ0) is 13.8. The fourth-order valence-electron chi connectivity index (χ4n) is 1.77. The van der Waals surface area contributed by atoms with Gasteiger partial charge in [-0.25, -0.2) is 9.97 Å². The van der Waals surface area contributed by atoms with Crippen LogP contribution in [0.15, 0.2) is 22.6 Å². The van der Waals surface area contributed by atoms with Crippen molar-refractivity contribution in [3.8, 4) is 0 Å². The van der Waals surface area contributed by atoms with Crippen LogP contribution in [0.4, 0.5) is 5.82 Å². The first-order valence-electron chi connectivity index (χ1n) is 6.26. The lowest BCUT2D eigenvalue weighted by Gasteiger charge is -2.10. The third-order valence-corrected chi connectivity index (χ3v) is 3.40. The van der Waals surface area contributed by atoms with Gasteiger partial charge < -0.3 is 9.88 Å². The van der Waals surface area contributed by atoms with Gasteiger partial charge in [0, 0.05) is 24.3 Å². The minimum absolute atomic E-state index is 0.0804. The Hall–Kier alpha value is -1.69. The number of aryl methyl sites for hydroxylation is 1. The predicted molar refractivity (Wildman–Crippen MR) is 77.5 cm³/mol. The standard InChI is InChI=1S/C13H18N4OS/c1-9(2)7-17-5-4-14-12(13(17)18)15-6-11-8-19-10(3)16-11/h4-5,8-9H,6-7H2,1-3H3,(H,14,15). The highest BCUT2D eigenvalue weighted by molar-refractivity contribution is 7.09. The maximum Gasteiger partial charge on any atom is 0.293 e. The number of thiazole rings is 1. The molecular weight excluding hydrogens is 260 g/mol. The second-order valence-corrected chi connectivity index (χ2v) is 5.90. The van der Waals surface area contributed by atoms with Gasteiger partial charge in [-0.1, -0.05) is 13.8 Å². The Morgan fingerprint density at radius 3 is 2.89 bits per heavy atom. The van der Waals surface area contributed by atoms with Crippen LogP contribution in [0.5, 0.6) is 0 Å². The van der Waals surface area contributed by atoms with Crippen molar-refractivity contribution < 1.29 is 0 Å². The highest BCUT2D eigenvalue weighted by Crippen LogP contribution is 2.08. The van der Waals surface area contributed by atoms with Crippen molar-refractivity contribution in [3.63, 3.8) is 0 Å². The molecule has 0 saturated carbocycles. The van der Waals surface area contributed by atoms with Gasteiger partial charge in [-0.05, 0) is 12.8 Å². The monoisotopic (exact) mass is 278 g/mol. The summed E-state index contributed by atoms with van der Waals surface area (Å²) in [5.74, 6) is 0.808. The van der Waals surface area contributed by atoms with Gasteiger partial charge in [-0.3, -0.25) is 4.79 Å². The molecule has 2 aromatic heterocycles. The van der Waals surface area contributed by atoms with E-state index in [1.165, 1.54) is 0 Å². The van der Waals surface area contributed by atoms with Gasteiger partial charge in [-0.2, -0.15) is 0 Å². The second kappa shape index (κ2) is 5.97. The Morgan fingerprint density at radius 2 is 2.26 bits per heavy atom. The van der Waals surface area contributed by atoms with E-state index in [0.717, 1.165) is 10.7 Å². The van der Waals surface area contributed by atoms with Crippen LogP contribution in [0.2, 0.25) is 0 Å². The van der Waals surface area contributed by atoms with Gasteiger partial charge in [-0.15, -0.1) is 11.3 Å². The predicted octanol–water partition coefficient (Wildman–Crippen LogP) is 2.28. The van der Waals surface area contributed by atoms with Crippen molar-refractivity contribution >= 4 is 17.2 Å². The Bertz CT molecular complexity index is 603. The third kappa shape index (κ3) is 3.64. The van der Waals surface area contributed by atoms with E-state index in [1.807, 2.05) is 12.3 Å². The summed E-state index contributed by atoms with van der Waals surface area (Å²) in [6, 6.07) is 0. The van der Waals surface area contributed by atoms with E-state index >= 15 is 0 Å². The number of rotatable bonds is 5. The van der Waals surface area contributed by atoms with Crippen LogP contribution in [0, 0.1) is 12.8 Å². The summed E-state index contributed by atoms with van der Waals surface area (Å²) < 4.78 is 1.69. The summed E-state index contributed by atoms with van der Waals surface area (Å²) in [6.07, 6.45) is 3.37. The molecule has 1 N–H and O–H groups in total. The summed E-state index contributed by atoms with van der Waals surface area (Å²) in [4.78, 5) is 20.6. The normalized spacial score (nSPS) is 10.9. The van der Waals surface area contributed by atoms with Gasteiger partial charge in [0.15, 0.2) is 5.82 Å². The third-order valence-electron chi connectivity index (χ3n) is 2.58. The van der Waals surface area contributed by atoms with Crippen LogP contribution < -0.4 is 10.9 Å². The molecule has 0 aliphatic carbocycles. The molecule has 0 aliphatic heterocycles. The quantitative estimate of drug-likeness (QED) is 0.911. The summed E-state index contributed by atoms with van der Waals surface area (Å²) in [6.45, 7) is 7.35. The Balaban J connectivity index is 2.10. The van der Waals surface area contributed by atoms with Gasteiger partial charge in [0.2, 0.25) is 0 Å². The molecule has 0 unspecified atom stereocenters. The molecule has 0 spiro atoms. The lowest BCUT2D eigenvalue weighted by Crippen LogP contribution is -2.25. The zero-order valence-electron chi connectivity index (χ0n) is 11.4. The van der Waals surface area contributed by atoms with Crippen LogP contribution in [-0.2, 0) is 13.1 Å². The lowest BCUT2D eigenvalue weighted by molar-refractivity contribution is 0.509. The van der Waals surface area contributed by atoms with Gasteiger partial charge >= 0.3 is 0 Å². The average molecular weight is 278 g/mol. The van der Waals surface area contributed by atoms with Gasteiger partial charge in [0.1, 0.15) is 0 Å². The molecule has 0 amide bonds. The number of aromatic nitrogens is 3. The summed E-state index contributed by atoms with van der Waals surface area (Å²) >= 11 is 1.60. The van der Waals surface area contributed by atoms with Crippen molar-refractivity contribution in [2.24, 2.45) is 5.92 Å². The van der Waals surface area contributed by atoms with E-state index in [2.05, 4.69) is 29.1 Å². The fraction of sp³-hybridized carbons (Fsp3) is 0.462. The first-order valence-corrected chi connectivity index (χ1v) is 7.14. The van der Waals surface area contributed by atoms with Crippen LogP contribution in [0.25, 0.3) is 0 Å². The molecule has 2 rings (SSSR count). The van der Waals surface area contributed by atoms with E-state index in [9.17, 15) is 4.79 Å². The molecule has 0 atom stereocenters. The summed E-state index contributed by atoms with van der Waals surface area (Å²) in [5.41, 5.74) is 0.853. The molecule has 102 valence electrons. The fourth-order valence-corrected chi connectivity index (χ4v) is 2.38. The van der Waals surface area contributed by atoms with Crippen LogP contribution >= 0.6 is 11.3 Å². The van der Waals surface area contributed by atoms with Crippen molar-refractivity contribution in [1.29, 1.82) is 0 Å². The molecule has 5 nitrogen and oxygen atoms in total. The number of hydrogen-bond donors (Lipinski definition) is 1. The van der Waals surface area contributed by atoms with E-state index in [0.29, 0.717) is 24.8 Å². The zero-order valence-corrected chi connectivity index (χ0v) is 12.2. The Kier molecular flexibility index (Phi) is 4.31. The SMILES string of the molecule is Cc1nc(CNc2nccn(CC(C)C)c2=O)cs1. The maximum atomic E-state index is 12.2. The molecule has 0 aromatic carbocycles. The number of nitrogens with zero attached hydrogens (tertiary/aromatic N) is 3. The highest BCUT2D eigenvalue weighted by Gasteiger charge is 2.06. The lowest BCUT2D eigenvalue weighted by atomic mass is 10.2. The first-order chi connectivity index (χ1) is 9.06. The number of hydrogen-bond acceptors (Lipinski definition) is 5. The van der Waals surface area contributed by atoms with Crippen molar-refractivity contribution in [3.05, 3.63) is 38.8 Å². The van der Waals surface area contributed by atoms with E-state index in [-0.39, 0.29) is 5.56 Å². The number of nitrogens with one attached hydrogen (secondary N) is 1. The summed E-state index contributed by atoms with van der Waals surface area (Å²) in [7, 11) is 0. The van der Waals surface area contributed by atoms with Crippen molar-refractivity contribution in [2.45, 2.75) is 33.9 Å². The van der Waals surface area contributed by atoms with Crippen LogP contribution in [0.1, 0.15) is 24.5 Å². The molecule has 2 aromatic rings. The molecule has 19 heavy (non-hydrogen) atoms. The molecule has 0 fully saturated rings. The smallest absolute Gasteiger partial charge is 0.293 e. The van der Waals surface area contributed by atoms with E-state index in [1.54, 1.807) is 28.3 Å². The molecule has 2 heterocycles. The van der Waals surface area contributed by atoms with Crippen molar-refractivity contribution in [1.82, 2.24) is 14.5 Å². The molecule has 0 bridgehead atoms. The van der Waals surface area contributed by atoms with E-state index in [4.69, 9.17) is 0 Å². The van der Waals surface area contributed by atoms with Crippen LogP contribution in [-0.4, -0.2) is 14.5 Å². The molecule has 0 saturated heterocycles. The topological polar surface area (TPSA) is 59.8 Å². The first kappa shape index (κ1) is 13.7. The molecule has 0 radical (unpaired) electrons. The van der Waals surface area contributed by atoms with Crippen LogP contribution in [0.3, 0.4) is 0 Å². The van der Waals surface area contributed by atoms with Gasteiger partial charge in [0.25, 0.3) is 5.56 Å². The molecule has 6 heteroatoms. The average Bonchev–Trinajstić information content (AvgIpc) is 2.76. The molecule has 0 aliphatic rings. The molecular formula is C13H18N4OS. The second-order valence-electron chi connectivity index (χ2n) is 4.84. The number of anilines is 1. The Morgan fingerprint density at radius 1 is 1.47 bits per heavy atom. The van der Waals surface area contributed by atoms with Crippen molar-refractivity contribution in [2.75, 3.05) is 5.32 Å². The Labute approximate surface area is 116 Å². The summed E-state index contributed by atoms with van der Waals surface area (Å²) in [5, 5.41) is 6.06. The minimum atomic E-state index is -0.0804. The van der Waals surface area contributed by atoms with E-state index < -0.39 is 0 Å². The largest absolute Gasteiger partial charge is 0.360 e. The highest BCUT2D eigenvalue weighted by atomic mass is 32.1. The maximum absolute atomic E-state index is 12.2.